The SMILES string of the molecule is Cc1ccc(F)c(-c2ccc(C#N)cc2Cl)c1. The maximum Gasteiger partial charge on any atom is 0.131 e. The molecule has 0 amide bonds. The standard InChI is InChI=1S/C14H9ClFN/c1-9-2-5-14(16)12(6-9)11-4-3-10(8-17)7-13(11)15/h2-7H,1H3. The fourth-order valence-electron chi connectivity index (χ4n) is 1.65. The second-order valence-electron chi connectivity index (χ2n) is 3.79. The number of benzene rings is 2. The summed E-state index contributed by atoms with van der Waals surface area (Å²) in [4.78, 5) is 0. The predicted octanol–water partition coefficient (Wildman–Crippen LogP) is 4.33. The van der Waals surface area contributed by atoms with E-state index in [2.05, 4.69) is 0 Å². The molecule has 0 spiro atoms. The van der Waals surface area contributed by atoms with Crippen molar-refractivity contribution in [2.24, 2.45) is 0 Å². The summed E-state index contributed by atoms with van der Waals surface area (Å²) in [6.45, 7) is 1.89. The van der Waals surface area contributed by atoms with Crippen LogP contribution in [0, 0.1) is 24.1 Å². The first-order valence-electron chi connectivity index (χ1n) is 5.08. The lowest BCUT2D eigenvalue weighted by Crippen LogP contribution is -1.87. The van der Waals surface area contributed by atoms with Crippen molar-refractivity contribution in [1.82, 2.24) is 0 Å². The summed E-state index contributed by atoms with van der Waals surface area (Å²) in [5.41, 5.74) is 2.49. The number of halogens is 2. The van der Waals surface area contributed by atoms with Crippen LogP contribution < -0.4 is 0 Å². The van der Waals surface area contributed by atoms with Gasteiger partial charge in [-0.2, -0.15) is 5.26 Å². The van der Waals surface area contributed by atoms with Crippen LogP contribution in [-0.4, -0.2) is 0 Å². The molecule has 0 saturated carbocycles. The van der Waals surface area contributed by atoms with Crippen LogP contribution in [0.2, 0.25) is 5.02 Å². The van der Waals surface area contributed by atoms with Crippen LogP contribution in [-0.2, 0) is 0 Å². The van der Waals surface area contributed by atoms with E-state index in [1.54, 1.807) is 30.3 Å². The van der Waals surface area contributed by atoms with Crippen LogP contribution in [0.4, 0.5) is 4.39 Å². The van der Waals surface area contributed by atoms with Crippen molar-refractivity contribution in [3.05, 3.63) is 58.4 Å². The van der Waals surface area contributed by atoms with E-state index in [9.17, 15) is 4.39 Å². The lowest BCUT2D eigenvalue weighted by atomic mass is 10.0. The first-order valence-corrected chi connectivity index (χ1v) is 5.46. The van der Waals surface area contributed by atoms with E-state index in [-0.39, 0.29) is 5.82 Å². The van der Waals surface area contributed by atoms with Gasteiger partial charge in [0.2, 0.25) is 0 Å². The third-order valence-electron chi connectivity index (χ3n) is 2.51. The summed E-state index contributed by atoms with van der Waals surface area (Å²) < 4.78 is 13.7. The first-order chi connectivity index (χ1) is 8.11. The van der Waals surface area contributed by atoms with Crippen LogP contribution in [0.25, 0.3) is 11.1 Å². The molecule has 17 heavy (non-hydrogen) atoms. The maximum absolute atomic E-state index is 13.7. The highest BCUT2D eigenvalue weighted by Crippen LogP contribution is 2.31. The molecule has 0 aliphatic carbocycles. The summed E-state index contributed by atoms with van der Waals surface area (Å²) >= 11 is 6.05. The average molecular weight is 246 g/mol. The van der Waals surface area contributed by atoms with Gasteiger partial charge in [-0.1, -0.05) is 29.3 Å². The lowest BCUT2D eigenvalue weighted by molar-refractivity contribution is 0.631. The molecule has 0 aromatic heterocycles. The van der Waals surface area contributed by atoms with Crippen molar-refractivity contribution < 1.29 is 4.39 Å². The molecule has 2 rings (SSSR count). The number of hydrogen-bond donors (Lipinski definition) is 0. The fourth-order valence-corrected chi connectivity index (χ4v) is 1.93. The van der Waals surface area contributed by atoms with E-state index in [1.165, 1.54) is 6.07 Å². The highest BCUT2D eigenvalue weighted by Gasteiger charge is 2.09. The van der Waals surface area contributed by atoms with Crippen molar-refractivity contribution in [2.75, 3.05) is 0 Å². The van der Waals surface area contributed by atoms with Crippen molar-refractivity contribution in [3.8, 4) is 17.2 Å². The van der Waals surface area contributed by atoms with Gasteiger partial charge in [0.15, 0.2) is 0 Å². The molecule has 3 heteroatoms. The smallest absolute Gasteiger partial charge is 0.131 e. The Bertz CT molecular complexity index is 614. The molecule has 0 N–H and O–H groups in total. The third kappa shape index (κ3) is 2.30. The molecule has 0 atom stereocenters. The lowest BCUT2D eigenvalue weighted by Gasteiger charge is -2.07. The molecule has 0 fully saturated rings. The topological polar surface area (TPSA) is 23.8 Å². The van der Waals surface area contributed by atoms with Crippen molar-refractivity contribution in [2.45, 2.75) is 6.92 Å². The van der Waals surface area contributed by atoms with E-state index in [0.717, 1.165) is 5.56 Å². The van der Waals surface area contributed by atoms with Gasteiger partial charge in [0.25, 0.3) is 0 Å². The summed E-state index contributed by atoms with van der Waals surface area (Å²) in [5.74, 6) is -0.317. The highest BCUT2D eigenvalue weighted by molar-refractivity contribution is 6.33. The second kappa shape index (κ2) is 4.57. The van der Waals surface area contributed by atoms with Gasteiger partial charge in [0, 0.05) is 16.1 Å². The molecule has 2 aromatic carbocycles. The van der Waals surface area contributed by atoms with Crippen LogP contribution in [0.15, 0.2) is 36.4 Å². The van der Waals surface area contributed by atoms with Gasteiger partial charge >= 0.3 is 0 Å². The Balaban J connectivity index is 2.61. The summed E-state index contributed by atoms with van der Waals surface area (Å²) in [6.07, 6.45) is 0. The van der Waals surface area contributed by atoms with Crippen molar-refractivity contribution >= 4 is 11.6 Å². The Hall–Kier alpha value is -1.85. The van der Waals surface area contributed by atoms with Gasteiger partial charge in [-0.05, 0) is 31.2 Å². The Morgan fingerprint density at radius 3 is 2.53 bits per heavy atom. The largest absolute Gasteiger partial charge is 0.206 e. The molecule has 0 bridgehead atoms. The minimum Gasteiger partial charge on any atom is -0.206 e. The first kappa shape index (κ1) is 11.6. The average Bonchev–Trinajstić information content (AvgIpc) is 2.32. The van der Waals surface area contributed by atoms with E-state index in [0.29, 0.717) is 21.7 Å². The molecular weight excluding hydrogens is 237 g/mol. The number of nitrogens with zero attached hydrogens (tertiary/aromatic N) is 1. The molecule has 1 nitrogen and oxygen atoms in total. The monoisotopic (exact) mass is 245 g/mol. The number of nitriles is 1. The number of rotatable bonds is 1. The van der Waals surface area contributed by atoms with Crippen LogP contribution in [0.3, 0.4) is 0 Å². The third-order valence-corrected chi connectivity index (χ3v) is 2.82. The van der Waals surface area contributed by atoms with Gasteiger partial charge in [-0.3, -0.25) is 0 Å². The number of aryl methyl sites for hydroxylation is 1. The molecule has 0 unspecified atom stereocenters. The predicted molar refractivity (Wildman–Crippen MR) is 66.3 cm³/mol. The molecule has 0 saturated heterocycles. The van der Waals surface area contributed by atoms with Crippen LogP contribution in [0.5, 0.6) is 0 Å². The molecule has 0 aliphatic rings. The maximum atomic E-state index is 13.7. The van der Waals surface area contributed by atoms with E-state index >= 15 is 0 Å². The zero-order valence-electron chi connectivity index (χ0n) is 9.17. The second-order valence-corrected chi connectivity index (χ2v) is 4.20. The zero-order chi connectivity index (χ0) is 12.4. The van der Waals surface area contributed by atoms with Gasteiger partial charge in [0.1, 0.15) is 5.82 Å². The molecule has 84 valence electrons. The minimum atomic E-state index is -0.317. The summed E-state index contributed by atoms with van der Waals surface area (Å²) in [5, 5.41) is 9.12. The summed E-state index contributed by atoms with van der Waals surface area (Å²) in [6, 6.07) is 11.7. The van der Waals surface area contributed by atoms with Crippen molar-refractivity contribution in [1.29, 1.82) is 5.26 Å². The zero-order valence-corrected chi connectivity index (χ0v) is 9.92. The minimum absolute atomic E-state index is 0.317. The molecule has 0 heterocycles. The van der Waals surface area contributed by atoms with Crippen molar-refractivity contribution in [3.63, 3.8) is 0 Å². The Kier molecular flexibility index (Phi) is 3.12. The Morgan fingerprint density at radius 1 is 1.12 bits per heavy atom. The van der Waals surface area contributed by atoms with Gasteiger partial charge < -0.3 is 0 Å². The Labute approximate surface area is 104 Å². The molecule has 0 radical (unpaired) electrons. The fraction of sp³-hybridized carbons (Fsp3) is 0.0714. The quantitative estimate of drug-likeness (QED) is 0.734. The van der Waals surface area contributed by atoms with Crippen LogP contribution >= 0.6 is 11.6 Å². The highest BCUT2D eigenvalue weighted by atomic mass is 35.5. The molecular formula is C14H9ClFN. The van der Waals surface area contributed by atoms with E-state index in [1.807, 2.05) is 13.0 Å². The normalized spacial score (nSPS) is 10.0. The van der Waals surface area contributed by atoms with Crippen LogP contribution in [0.1, 0.15) is 11.1 Å². The van der Waals surface area contributed by atoms with Gasteiger partial charge in [-0.25, -0.2) is 4.39 Å². The number of hydrogen-bond acceptors (Lipinski definition) is 1. The van der Waals surface area contributed by atoms with E-state index in [4.69, 9.17) is 16.9 Å². The van der Waals surface area contributed by atoms with Gasteiger partial charge in [0.05, 0.1) is 11.6 Å². The summed E-state index contributed by atoms with van der Waals surface area (Å²) in [7, 11) is 0. The molecule has 2 aromatic rings. The van der Waals surface area contributed by atoms with Gasteiger partial charge in [-0.15, -0.1) is 0 Å². The Morgan fingerprint density at radius 2 is 1.88 bits per heavy atom. The molecule has 0 aliphatic heterocycles. The van der Waals surface area contributed by atoms with E-state index < -0.39 is 0 Å².